The summed E-state index contributed by atoms with van der Waals surface area (Å²) in [5, 5.41) is 0. The van der Waals surface area contributed by atoms with Gasteiger partial charge in [0.1, 0.15) is 0 Å². The number of benzene rings is 1. The number of amides is 1. The van der Waals surface area contributed by atoms with Crippen molar-refractivity contribution in [3.8, 4) is 0 Å². The third-order valence-electron chi connectivity index (χ3n) is 6.36. The number of pyridine rings is 1. The zero-order chi connectivity index (χ0) is 19.4. The Balaban J connectivity index is 1.49. The Kier molecular flexibility index (Phi) is 5.74. The molecule has 1 spiro atoms. The van der Waals surface area contributed by atoms with E-state index >= 15 is 0 Å². The highest BCUT2D eigenvalue weighted by atomic mass is 16.5. The van der Waals surface area contributed by atoms with Crippen LogP contribution >= 0.6 is 0 Å². The smallest absolute Gasteiger partial charge is 0.230 e. The number of aromatic nitrogens is 1. The Hall–Kier alpha value is -2.24. The number of carbonyl (C=O) groups excluding carboxylic acids is 1. The van der Waals surface area contributed by atoms with Crippen LogP contribution in [0.1, 0.15) is 36.3 Å². The number of rotatable bonds is 6. The van der Waals surface area contributed by atoms with Crippen molar-refractivity contribution in [1.82, 2.24) is 14.8 Å². The van der Waals surface area contributed by atoms with Crippen molar-refractivity contribution >= 4 is 5.91 Å². The molecule has 0 saturated carbocycles. The van der Waals surface area contributed by atoms with Crippen molar-refractivity contribution in [2.45, 2.75) is 37.3 Å². The number of nitrogens with zero attached hydrogens (tertiary/aromatic N) is 3. The molecule has 1 aromatic carbocycles. The number of ether oxygens (including phenoxy) is 1. The second-order valence-corrected chi connectivity index (χ2v) is 8.01. The van der Waals surface area contributed by atoms with Crippen LogP contribution in [0, 0.1) is 0 Å². The van der Waals surface area contributed by atoms with Gasteiger partial charge >= 0.3 is 0 Å². The van der Waals surface area contributed by atoms with E-state index in [-0.39, 0.29) is 17.4 Å². The molecule has 2 aromatic rings. The number of hydrogen-bond donors (Lipinski definition) is 0. The van der Waals surface area contributed by atoms with Crippen LogP contribution in [0.2, 0.25) is 0 Å². The lowest BCUT2D eigenvalue weighted by molar-refractivity contribution is -0.134. The Morgan fingerprint density at radius 1 is 1.14 bits per heavy atom. The van der Waals surface area contributed by atoms with Crippen LogP contribution < -0.4 is 0 Å². The lowest BCUT2D eigenvalue weighted by atomic mass is 9.81. The molecule has 28 heavy (non-hydrogen) atoms. The Morgan fingerprint density at radius 3 is 2.61 bits per heavy atom. The van der Waals surface area contributed by atoms with Gasteiger partial charge in [-0.2, -0.15) is 0 Å². The largest absolute Gasteiger partial charge is 0.383 e. The van der Waals surface area contributed by atoms with E-state index in [1.165, 1.54) is 5.56 Å². The van der Waals surface area contributed by atoms with Crippen molar-refractivity contribution < 1.29 is 9.53 Å². The van der Waals surface area contributed by atoms with E-state index in [1.807, 2.05) is 36.7 Å². The average Bonchev–Trinajstić information content (AvgIpc) is 3.01. The second kappa shape index (κ2) is 8.41. The van der Waals surface area contributed by atoms with Gasteiger partial charge in [-0.1, -0.05) is 36.4 Å². The van der Waals surface area contributed by atoms with Crippen LogP contribution in [0.5, 0.6) is 0 Å². The van der Waals surface area contributed by atoms with Gasteiger partial charge < -0.3 is 9.64 Å². The molecule has 0 aliphatic carbocycles. The van der Waals surface area contributed by atoms with Gasteiger partial charge in [0.15, 0.2) is 0 Å². The third-order valence-corrected chi connectivity index (χ3v) is 6.36. The topological polar surface area (TPSA) is 45.7 Å². The first-order valence-corrected chi connectivity index (χ1v) is 10.2. The van der Waals surface area contributed by atoms with Crippen LogP contribution in [-0.4, -0.2) is 59.6 Å². The summed E-state index contributed by atoms with van der Waals surface area (Å²) >= 11 is 0. The maximum Gasteiger partial charge on any atom is 0.230 e. The van der Waals surface area contributed by atoms with Gasteiger partial charge in [-0.05, 0) is 36.5 Å². The SMILES string of the molecule is COCCN1C(=O)[C@H](c2ccccc2)CC12CCN(Cc1cccnc1)CC2. The minimum absolute atomic E-state index is 0.0251. The number of hydrogen-bond acceptors (Lipinski definition) is 4. The zero-order valence-corrected chi connectivity index (χ0v) is 16.6. The number of methoxy groups -OCH3 is 1. The maximum atomic E-state index is 13.3. The molecule has 5 heteroatoms. The highest BCUT2D eigenvalue weighted by molar-refractivity contribution is 5.87. The number of piperidine rings is 1. The summed E-state index contributed by atoms with van der Waals surface area (Å²) in [5.41, 5.74) is 2.35. The molecule has 1 amide bonds. The maximum absolute atomic E-state index is 13.3. The minimum Gasteiger partial charge on any atom is -0.383 e. The summed E-state index contributed by atoms with van der Waals surface area (Å²) < 4.78 is 5.32. The Labute approximate surface area is 167 Å². The minimum atomic E-state index is -0.0401. The summed E-state index contributed by atoms with van der Waals surface area (Å²) in [6, 6.07) is 14.4. The molecule has 4 rings (SSSR count). The predicted molar refractivity (Wildman–Crippen MR) is 109 cm³/mol. The second-order valence-electron chi connectivity index (χ2n) is 8.01. The Morgan fingerprint density at radius 2 is 1.93 bits per heavy atom. The first-order chi connectivity index (χ1) is 13.7. The van der Waals surface area contributed by atoms with Crippen LogP contribution in [0.15, 0.2) is 54.9 Å². The molecular formula is C23H29N3O2. The molecule has 3 heterocycles. The van der Waals surface area contributed by atoms with Gasteiger partial charge in [0, 0.05) is 51.2 Å². The molecule has 148 valence electrons. The van der Waals surface area contributed by atoms with Crippen LogP contribution in [0.3, 0.4) is 0 Å². The van der Waals surface area contributed by atoms with E-state index in [1.54, 1.807) is 7.11 Å². The average molecular weight is 380 g/mol. The van der Waals surface area contributed by atoms with Gasteiger partial charge in [0.25, 0.3) is 0 Å². The van der Waals surface area contributed by atoms with Crippen molar-refractivity contribution in [2.75, 3.05) is 33.4 Å². The first-order valence-electron chi connectivity index (χ1n) is 10.2. The molecule has 5 nitrogen and oxygen atoms in total. The summed E-state index contributed by atoms with van der Waals surface area (Å²) in [4.78, 5) is 22.2. The standard InChI is InChI=1S/C23H29N3O2/c1-28-15-14-26-22(27)21(20-7-3-2-4-8-20)16-23(26)9-12-25(13-10-23)18-19-6-5-11-24-17-19/h2-8,11,17,21H,9-10,12-16,18H2,1H3/t21-/m0/s1. The zero-order valence-electron chi connectivity index (χ0n) is 16.6. The third kappa shape index (κ3) is 3.82. The van der Waals surface area contributed by atoms with Gasteiger partial charge in [-0.25, -0.2) is 0 Å². The first kappa shape index (κ1) is 19.1. The lowest BCUT2D eigenvalue weighted by Crippen LogP contribution is -2.53. The molecule has 0 unspecified atom stereocenters. The van der Waals surface area contributed by atoms with E-state index in [0.29, 0.717) is 13.2 Å². The molecule has 0 radical (unpaired) electrons. The van der Waals surface area contributed by atoms with E-state index < -0.39 is 0 Å². The summed E-state index contributed by atoms with van der Waals surface area (Å²) in [6.45, 7) is 4.22. The highest BCUT2D eigenvalue weighted by Crippen LogP contribution is 2.45. The van der Waals surface area contributed by atoms with E-state index in [9.17, 15) is 4.79 Å². The summed E-state index contributed by atoms with van der Waals surface area (Å²) in [6.07, 6.45) is 6.72. The fourth-order valence-corrected chi connectivity index (χ4v) is 4.83. The fourth-order valence-electron chi connectivity index (χ4n) is 4.83. The molecule has 2 fully saturated rings. The van der Waals surface area contributed by atoms with Gasteiger partial charge in [-0.15, -0.1) is 0 Å². The van der Waals surface area contributed by atoms with E-state index in [0.717, 1.165) is 44.5 Å². The van der Waals surface area contributed by atoms with Crippen LogP contribution in [0.25, 0.3) is 0 Å². The van der Waals surface area contributed by atoms with Crippen molar-refractivity contribution in [3.05, 3.63) is 66.0 Å². The summed E-state index contributed by atoms with van der Waals surface area (Å²) in [5.74, 6) is 0.242. The van der Waals surface area contributed by atoms with E-state index in [2.05, 4.69) is 33.0 Å². The molecule has 2 saturated heterocycles. The molecular weight excluding hydrogens is 350 g/mol. The summed E-state index contributed by atoms with van der Waals surface area (Å²) in [7, 11) is 1.71. The quantitative estimate of drug-likeness (QED) is 0.774. The van der Waals surface area contributed by atoms with Crippen molar-refractivity contribution in [3.63, 3.8) is 0 Å². The van der Waals surface area contributed by atoms with Gasteiger partial charge in [0.2, 0.25) is 5.91 Å². The van der Waals surface area contributed by atoms with Crippen molar-refractivity contribution in [1.29, 1.82) is 0 Å². The number of carbonyl (C=O) groups is 1. The lowest BCUT2D eigenvalue weighted by Gasteiger charge is -2.45. The Bertz CT molecular complexity index is 773. The predicted octanol–water partition coefficient (Wildman–Crippen LogP) is 3.08. The fraction of sp³-hybridized carbons (Fsp3) is 0.478. The van der Waals surface area contributed by atoms with Gasteiger partial charge in [-0.3, -0.25) is 14.7 Å². The highest BCUT2D eigenvalue weighted by Gasteiger charge is 2.51. The van der Waals surface area contributed by atoms with Crippen LogP contribution in [-0.2, 0) is 16.1 Å². The van der Waals surface area contributed by atoms with Gasteiger partial charge in [0.05, 0.1) is 12.5 Å². The number of likely N-dealkylation sites (tertiary alicyclic amines) is 2. The molecule has 0 N–H and O–H groups in total. The molecule has 0 bridgehead atoms. The molecule has 2 aliphatic heterocycles. The van der Waals surface area contributed by atoms with E-state index in [4.69, 9.17) is 4.74 Å². The molecule has 1 aromatic heterocycles. The van der Waals surface area contributed by atoms with Crippen molar-refractivity contribution in [2.24, 2.45) is 0 Å². The normalized spacial score (nSPS) is 22.1. The molecule has 2 aliphatic rings. The monoisotopic (exact) mass is 379 g/mol. The molecule has 1 atom stereocenters. The van der Waals surface area contributed by atoms with Crippen LogP contribution in [0.4, 0.5) is 0 Å².